The van der Waals surface area contributed by atoms with Crippen LogP contribution in [0.25, 0.3) is 6.08 Å². The molecule has 0 heterocycles. The van der Waals surface area contributed by atoms with Crippen molar-refractivity contribution < 1.29 is 0 Å². The first-order valence-corrected chi connectivity index (χ1v) is 5.53. The first kappa shape index (κ1) is 15.4. The summed E-state index contributed by atoms with van der Waals surface area (Å²) in [6, 6.07) is 23.7. The molecule has 0 saturated heterocycles. The van der Waals surface area contributed by atoms with E-state index >= 15 is 0 Å². The van der Waals surface area contributed by atoms with Crippen molar-refractivity contribution in [3.63, 3.8) is 0 Å². The molecular weight excluding hydrogens is 218 g/mol. The molecule has 0 N–H and O–H groups in total. The van der Waals surface area contributed by atoms with Crippen LogP contribution in [0.2, 0.25) is 0 Å². The molecule has 0 aromatic heterocycles. The van der Waals surface area contributed by atoms with Crippen molar-refractivity contribution in [3.8, 4) is 6.07 Å². The van der Waals surface area contributed by atoms with Crippen LogP contribution < -0.4 is 0 Å². The van der Waals surface area contributed by atoms with E-state index in [1.54, 1.807) is 6.07 Å². The Kier molecular flexibility index (Phi) is 10.7. The van der Waals surface area contributed by atoms with Crippen molar-refractivity contribution in [2.24, 2.45) is 0 Å². The first-order valence-electron chi connectivity index (χ1n) is 5.53. The van der Waals surface area contributed by atoms with Gasteiger partial charge in [-0.15, -0.1) is 0 Å². The van der Waals surface area contributed by atoms with Gasteiger partial charge in [-0.1, -0.05) is 86.0 Å². The second kappa shape index (κ2) is 12.5. The van der Waals surface area contributed by atoms with Crippen LogP contribution in [0.4, 0.5) is 0 Å². The quantitative estimate of drug-likeness (QED) is 0.656. The van der Waals surface area contributed by atoms with E-state index in [4.69, 9.17) is 5.26 Å². The van der Waals surface area contributed by atoms with E-state index in [1.165, 1.54) is 11.6 Å². The Labute approximate surface area is 109 Å². The zero-order chi connectivity index (χ0) is 13.5. The van der Waals surface area contributed by atoms with Gasteiger partial charge in [0.05, 0.1) is 6.07 Å². The van der Waals surface area contributed by atoms with Crippen LogP contribution in [0.5, 0.6) is 0 Å². The van der Waals surface area contributed by atoms with E-state index in [0.717, 1.165) is 0 Å². The molecule has 0 saturated carbocycles. The number of hydrogen-bond donors (Lipinski definition) is 0. The Morgan fingerprint density at radius 1 is 0.778 bits per heavy atom. The molecule has 0 radical (unpaired) electrons. The molecule has 1 heteroatoms. The van der Waals surface area contributed by atoms with Crippen molar-refractivity contribution in [2.45, 2.75) is 0 Å². The van der Waals surface area contributed by atoms with Gasteiger partial charge in [0.25, 0.3) is 0 Å². The third-order valence-electron chi connectivity index (χ3n) is 1.79. The highest BCUT2D eigenvalue weighted by Crippen LogP contribution is 1.97. The number of allylic oxidation sites excluding steroid dienone is 1. The maximum atomic E-state index is 7.51. The fourth-order valence-electron chi connectivity index (χ4n) is 0.974. The highest BCUT2D eigenvalue weighted by atomic mass is 14.2. The summed E-state index contributed by atoms with van der Waals surface area (Å²) < 4.78 is 0. The summed E-state index contributed by atoms with van der Waals surface area (Å²) in [6.45, 7) is 6.75. The second-order valence-corrected chi connectivity index (χ2v) is 3.10. The smallest absolute Gasteiger partial charge is 0.0905 e. The Balaban J connectivity index is 0.000000257. The van der Waals surface area contributed by atoms with Crippen LogP contribution in [0, 0.1) is 11.3 Å². The van der Waals surface area contributed by atoms with Gasteiger partial charge in [0.2, 0.25) is 0 Å². The Hall–Kier alpha value is -2.59. The molecule has 0 atom stereocenters. The molecule has 1 nitrogen and oxygen atoms in total. The molecular formula is C17H17N. The Morgan fingerprint density at radius 3 is 1.33 bits per heavy atom. The summed E-state index contributed by atoms with van der Waals surface area (Å²) in [5, 5.41) is 7.51. The number of rotatable bonds is 1. The molecule has 0 aliphatic rings. The maximum Gasteiger partial charge on any atom is 0.0905 e. The first-order chi connectivity index (χ1) is 8.85. The molecule has 0 unspecified atom stereocenters. The second-order valence-electron chi connectivity index (χ2n) is 3.10. The van der Waals surface area contributed by atoms with E-state index in [2.05, 4.69) is 13.2 Å². The van der Waals surface area contributed by atoms with E-state index < -0.39 is 0 Å². The lowest BCUT2D eigenvalue weighted by molar-refractivity contribution is 1.54. The number of hydrogen-bond acceptors (Lipinski definition) is 1. The van der Waals surface area contributed by atoms with E-state index in [1.807, 2.05) is 72.8 Å². The van der Waals surface area contributed by atoms with Gasteiger partial charge in [0.1, 0.15) is 0 Å². The van der Waals surface area contributed by atoms with Crippen LogP contribution in [0.1, 0.15) is 5.56 Å². The largest absolute Gasteiger partial charge is 0.193 e. The highest BCUT2D eigenvalue weighted by Gasteiger charge is 1.75. The summed E-state index contributed by atoms with van der Waals surface area (Å²) in [6.07, 6.45) is 3.01. The Bertz CT molecular complexity index is 425. The minimum atomic E-state index is 1.17. The lowest BCUT2D eigenvalue weighted by Gasteiger charge is -1.85. The van der Waals surface area contributed by atoms with Crippen molar-refractivity contribution in [2.75, 3.05) is 0 Å². The molecule has 0 fully saturated rings. The van der Waals surface area contributed by atoms with Gasteiger partial charge in [-0.3, -0.25) is 0 Å². The van der Waals surface area contributed by atoms with Crippen LogP contribution in [-0.4, -0.2) is 0 Å². The lowest BCUT2D eigenvalue weighted by Crippen LogP contribution is -1.63. The number of nitrogens with zero attached hydrogens (tertiary/aromatic N) is 1. The molecule has 2 aromatic rings. The standard InChI is InChI=1S/C8H8.C6H6.C3H3N/c1-2-8-6-4-3-5-7-8;1-2-4-6-5-3-1;1-2-3-4/h2-7H,1H2;1-6H;2H,1H2. The molecule has 0 spiro atoms. The molecule has 2 rings (SSSR count). The average molecular weight is 235 g/mol. The fraction of sp³-hybridized carbons (Fsp3) is 0. The van der Waals surface area contributed by atoms with Crippen LogP contribution in [0.15, 0.2) is 86.0 Å². The lowest BCUT2D eigenvalue weighted by atomic mass is 10.2. The molecule has 18 heavy (non-hydrogen) atoms. The van der Waals surface area contributed by atoms with Gasteiger partial charge in [-0.05, 0) is 5.56 Å². The van der Waals surface area contributed by atoms with Crippen LogP contribution in [-0.2, 0) is 0 Å². The van der Waals surface area contributed by atoms with Gasteiger partial charge in [0.15, 0.2) is 0 Å². The van der Waals surface area contributed by atoms with Crippen molar-refractivity contribution >= 4 is 6.08 Å². The van der Waals surface area contributed by atoms with Crippen molar-refractivity contribution in [1.82, 2.24) is 0 Å². The molecule has 0 aliphatic heterocycles. The van der Waals surface area contributed by atoms with Crippen LogP contribution in [0.3, 0.4) is 0 Å². The van der Waals surface area contributed by atoms with Crippen molar-refractivity contribution in [3.05, 3.63) is 91.5 Å². The van der Waals surface area contributed by atoms with Gasteiger partial charge in [0, 0.05) is 6.08 Å². The topological polar surface area (TPSA) is 23.8 Å². The summed E-state index contributed by atoms with van der Waals surface area (Å²) in [5.41, 5.74) is 1.17. The molecule has 0 bridgehead atoms. The number of benzene rings is 2. The predicted molar refractivity (Wildman–Crippen MR) is 78.8 cm³/mol. The van der Waals surface area contributed by atoms with Gasteiger partial charge >= 0.3 is 0 Å². The normalized spacial score (nSPS) is 7.28. The maximum absolute atomic E-state index is 7.51. The third kappa shape index (κ3) is 9.95. The Morgan fingerprint density at radius 2 is 1.11 bits per heavy atom. The van der Waals surface area contributed by atoms with E-state index in [0.29, 0.717) is 0 Å². The molecule has 0 amide bonds. The summed E-state index contributed by atoms with van der Waals surface area (Å²) in [5.74, 6) is 0. The molecule has 90 valence electrons. The zero-order valence-corrected chi connectivity index (χ0v) is 10.4. The fourth-order valence-corrected chi connectivity index (χ4v) is 0.974. The summed E-state index contributed by atoms with van der Waals surface area (Å²) >= 11 is 0. The summed E-state index contributed by atoms with van der Waals surface area (Å²) in [7, 11) is 0. The summed E-state index contributed by atoms with van der Waals surface area (Å²) in [4.78, 5) is 0. The monoisotopic (exact) mass is 235 g/mol. The van der Waals surface area contributed by atoms with Crippen molar-refractivity contribution in [1.29, 1.82) is 5.26 Å². The predicted octanol–water partition coefficient (Wildman–Crippen LogP) is 4.71. The minimum Gasteiger partial charge on any atom is -0.193 e. The molecule has 2 aromatic carbocycles. The minimum absolute atomic E-state index is 1.17. The van der Waals surface area contributed by atoms with Gasteiger partial charge < -0.3 is 0 Å². The number of nitriles is 1. The zero-order valence-electron chi connectivity index (χ0n) is 10.4. The van der Waals surface area contributed by atoms with E-state index in [-0.39, 0.29) is 0 Å². The SMILES string of the molecule is C=CC#N.C=Cc1ccccc1.c1ccccc1. The van der Waals surface area contributed by atoms with Gasteiger partial charge in [-0.25, -0.2) is 0 Å². The third-order valence-corrected chi connectivity index (χ3v) is 1.79. The average Bonchev–Trinajstić information content (AvgIpc) is 2.51. The van der Waals surface area contributed by atoms with Crippen LogP contribution >= 0.6 is 0 Å². The highest BCUT2D eigenvalue weighted by molar-refractivity contribution is 5.45. The van der Waals surface area contributed by atoms with E-state index in [9.17, 15) is 0 Å². The van der Waals surface area contributed by atoms with Gasteiger partial charge in [-0.2, -0.15) is 5.26 Å². The molecule has 0 aliphatic carbocycles.